The van der Waals surface area contributed by atoms with Gasteiger partial charge in [0.05, 0.1) is 12.1 Å². The largest absolute Gasteiger partial charge is 0.307 e. The van der Waals surface area contributed by atoms with Gasteiger partial charge in [-0.05, 0) is 43.2 Å². The van der Waals surface area contributed by atoms with E-state index < -0.39 is 0 Å². The molecule has 96 valence electrons. The lowest BCUT2D eigenvalue weighted by Gasteiger charge is -2.24. The van der Waals surface area contributed by atoms with E-state index >= 15 is 0 Å². The molecule has 0 amide bonds. The van der Waals surface area contributed by atoms with Crippen molar-refractivity contribution in [2.75, 3.05) is 6.54 Å². The van der Waals surface area contributed by atoms with Crippen LogP contribution in [0.5, 0.6) is 0 Å². The highest BCUT2D eigenvalue weighted by atomic mass is 15.6. The van der Waals surface area contributed by atoms with Gasteiger partial charge in [0.2, 0.25) is 0 Å². The predicted octanol–water partition coefficient (Wildman–Crippen LogP) is 2.24. The molecule has 1 aromatic rings. The number of nitrogens with one attached hydrogen (secondary N) is 1. The smallest absolute Gasteiger partial charge is 0.168 e. The van der Waals surface area contributed by atoms with Gasteiger partial charge in [0.25, 0.3) is 0 Å². The van der Waals surface area contributed by atoms with Crippen molar-refractivity contribution in [2.45, 2.75) is 64.5 Å². The van der Waals surface area contributed by atoms with Crippen molar-refractivity contribution in [3.8, 4) is 0 Å². The van der Waals surface area contributed by atoms with E-state index in [1.807, 2.05) is 4.68 Å². The monoisotopic (exact) mass is 237 g/mol. The Hall–Kier alpha value is -0.970. The Balaban J connectivity index is 2.04. The van der Waals surface area contributed by atoms with Crippen molar-refractivity contribution in [1.82, 2.24) is 25.5 Å². The lowest BCUT2D eigenvalue weighted by Crippen LogP contribution is -2.25. The van der Waals surface area contributed by atoms with E-state index in [1.165, 1.54) is 32.1 Å². The minimum Gasteiger partial charge on any atom is -0.307 e. The van der Waals surface area contributed by atoms with Crippen LogP contribution in [0, 0.1) is 0 Å². The average Bonchev–Trinajstić information content (AvgIpc) is 2.86. The first kappa shape index (κ1) is 12.5. The van der Waals surface area contributed by atoms with Crippen molar-refractivity contribution < 1.29 is 0 Å². The van der Waals surface area contributed by atoms with Crippen LogP contribution in [0.3, 0.4) is 0 Å². The molecule has 0 aliphatic heterocycles. The van der Waals surface area contributed by atoms with Gasteiger partial charge in [-0.1, -0.05) is 26.2 Å². The Morgan fingerprint density at radius 2 is 2.12 bits per heavy atom. The summed E-state index contributed by atoms with van der Waals surface area (Å²) in [7, 11) is 0. The molecule has 2 rings (SSSR count). The van der Waals surface area contributed by atoms with Crippen molar-refractivity contribution in [1.29, 1.82) is 0 Å². The maximum Gasteiger partial charge on any atom is 0.168 e. The topological polar surface area (TPSA) is 55.6 Å². The molecule has 0 spiro atoms. The van der Waals surface area contributed by atoms with Gasteiger partial charge < -0.3 is 5.32 Å². The van der Waals surface area contributed by atoms with E-state index in [1.54, 1.807) is 0 Å². The summed E-state index contributed by atoms with van der Waals surface area (Å²) in [6.45, 7) is 5.32. The summed E-state index contributed by atoms with van der Waals surface area (Å²) in [6, 6.07) is 0.756. The van der Waals surface area contributed by atoms with Crippen LogP contribution < -0.4 is 5.32 Å². The maximum atomic E-state index is 4.18. The van der Waals surface area contributed by atoms with Gasteiger partial charge >= 0.3 is 0 Å². The summed E-state index contributed by atoms with van der Waals surface area (Å²) in [5, 5.41) is 15.7. The Kier molecular flexibility index (Phi) is 4.48. The molecular weight excluding hydrogens is 214 g/mol. The van der Waals surface area contributed by atoms with E-state index in [0.717, 1.165) is 18.8 Å². The van der Waals surface area contributed by atoms with Crippen molar-refractivity contribution in [3.05, 3.63) is 5.82 Å². The molecule has 1 aliphatic carbocycles. The van der Waals surface area contributed by atoms with Crippen LogP contribution in [0.15, 0.2) is 0 Å². The fraction of sp³-hybridized carbons (Fsp3) is 0.917. The quantitative estimate of drug-likeness (QED) is 0.853. The molecule has 0 radical (unpaired) electrons. The highest BCUT2D eigenvalue weighted by molar-refractivity contribution is 4.92. The van der Waals surface area contributed by atoms with Gasteiger partial charge in [0, 0.05) is 0 Å². The molecule has 1 unspecified atom stereocenters. The van der Waals surface area contributed by atoms with Gasteiger partial charge in [-0.2, -0.15) is 0 Å². The SMILES string of the molecule is CCCNC(C)c1nnnn1C1CCCCC1. The van der Waals surface area contributed by atoms with Gasteiger partial charge in [0.15, 0.2) is 5.82 Å². The molecule has 17 heavy (non-hydrogen) atoms. The molecular formula is C12H23N5. The number of aromatic nitrogens is 4. The molecule has 1 atom stereocenters. The van der Waals surface area contributed by atoms with Crippen LogP contribution in [0.1, 0.15) is 70.3 Å². The lowest BCUT2D eigenvalue weighted by atomic mass is 9.95. The first-order chi connectivity index (χ1) is 8.33. The third-order valence-corrected chi connectivity index (χ3v) is 3.53. The zero-order valence-electron chi connectivity index (χ0n) is 10.9. The number of nitrogens with zero attached hydrogens (tertiary/aromatic N) is 4. The summed E-state index contributed by atoms with van der Waals surface area (Å²) >= 11 is 0. The van der Waals surface area contributed by atoms with E-state index in [-0.39, 0.29) is 6.04 Å². The summed E-state index contributed by atoms with van der Waals surface area (Å²) in [5.41, 5.74) is 0. The summed E-state index contributed by atoms with van der Waals surface area (Å²) in [6.07, 6.45) is 7.55. The predicted molar refractivity (Wildman–Crippen MR) is 66.6 cm³/mol. The van der Waals surface area contributed by atoms with Gasteiger partial charge in [0.1, 0.15) is 0 Å². The molecule has 1 heterocycles. The van der Waals surface area contributed by atoms with Crippen molar-refractivity contribution in [2.24, 2.45) is 0 Å². The number of tetrazole rings is 1. The standard InChI is InChI=1S/C12H23N5/c1-3-9-13-10(2)12-14-15-16-17(12)11-7-5-4-6-8-11/h10-11,13H,3-9H2,1-2H3. The van der Waals surface area contributed by atoms with Crippen LogP contribution >= 0.6 is 0 Å². The summed E-state index contributed by atoms with van der Waals surface area (Å²) < 4.78 is 2.05. The van der Waals surface area contributed by atoms with E-state index in [4.69, 9.17) is 0 Å². The van der Waals surface area contributed by atoms with Crippen LogP contribution in [-0.4, -0.2) is 26.8 Å². The Bertz CT molecular complexity index is 329. The number of hydrogen-bond acceptors (Lipinski definition) is 4. The zero-order chi connectivity index (χ0) is 12.1. The number of hydrogen-bond donors (Lipinski definition) is 1. The third-order valence-electron chi connectivity index (χ3n) is 3.53. The second-order valence-electron chi connectivity index (χ2n) is 4.95. The zero-order valence-corrected chi connectivity index (χ0v) is 10.9. The molecule has 1 saturated carbocycles. The van der Waals surface area contributed by atoms with Crippen molar-refractivity contribution in [3.63, 3.8) is 0 Å². The minimum atomic E-state index is 0.242. The average molecular weight is 237 g/mol. The minimum absolute atomic E-state index is 0.242. The molecule has 1 fully saturated rings. The molecule has 1 aliphatic rings. The van der Waals surface area contributed by atoms with Gasteiger partial charge in [-0.15, -0.1) is 5.10 Å². The fourth-order valence-corrected chi connectivity index (χ4v) is 2.52. The molecule has 5 nitrogen and oxygen atoms in total. The Morgan fingerprint density at radius 3 is 2.82 bits per heavy atom. The maximum absolute atomic E-state index is 4.18. The molecule has 1 aromatic heterocycles. The Morgan fingerprint density at radius 1 is 1.35 bits per heavy atom. The normalized spacial score (nSPS) is 19.4. The molecule has 1 N–H and O–H groups in total. The van der Waals surface area contributed by atoms with E-state index in [2.05, 4.69) is 34.7 Å². The highest BCUT2D eigenvalue weighted by Gasteiger charge is 2.22. The first-order valence-corrected chi connectivity index (χ1v) is 6.84. The highest BCUT2D eigenvalue weighted by Crippen LogP contribution is 2.28. The van der Waals surface area contributed by atoms with Crippen molar-refractivity contribution >= 4 is 0 Å². The van der Waals surface area contributed by atoms with Gasteiger partial charge in [-0.3, -0.25) is 0 Å². The summed E-state index contributed by atoms with van der Waals surface area (Å²) in [4.78, 5) is 0. The van der Waals surface area contributed by atoms with Crippen LogP contribution in [-0.2, 0) is 0 Å². The van der Waals surface area contributed by atoms with E-state index in [9.17, 15) is 0 Å². The van der Waals surface area contributed by atoms with Crippen LogP contribution in [0.2, 0.25) is 0 Å². The first-order valence-electron chi connectivity index (χ1n) is 6.84. The van der Waals surface area contributed by atoms with Crippen LogP contribution in [0.4, 0.5) is 0 Å². The number of rotatable bonds is 5. The summed E-state index contributed by atoms with van der Waals surface area (Å²) in [5.74, 6) is 0.991. The fourth-order valence-electron chi connectivity index (χ4n) is 2.52. The molecule has 5 heteroatoms. The van der Waals surface area contributed by atoms with Crippen LogP contribution in [0.25, 0.3) is 0 Å². The third kappa shape index (κ3) is 3.03. The molecule has 0 aromatic carbocycles. The van der Waals surface area contributed by atoms with Gasteiger partial charge in [-0.25, -0.2) is 4.68 Å². The lowest BCUT2D eigenvalue weighted by molar-refractivity contribution is 0.309. The second kappa shape index (κ2) is 6.10. The molecule has 0 bridgehead atoms. The Labute approximate surface area is 103 Å². The second-order valence-corrected chi connectivity index (χ2v) is 4.95. The van der Waals surface area contributed by atoms with E-state index in [0.29, 0.717) is 6.04 Å². The molecule has 0 saturated heterocycles.